The second-order valence-electron chi connectivity index (χ2n) is 7.44. The van der Waals surface area contributed by atoms with E-state index in [2.05, 4.69) is 41.4 Å². The van der Waals surface area contributed by atoms with Crippen molar-refractivity contribution in [1.29, 1.82) is 0 Å². The number of benzene rings is 2. The van der Waals surface area contributed by atoms with Crippen molar-refractivity contribution in [3.63, 3.8) is 0 Å². The summed E-state index contributed by atoms with van der Waals surface area (Å²) in [7, 11) is 0. The highest BCUT2D eigenvalue weighted by Crippen LogP contribution is 2.48. The fraction of sp³-hybridized carbons (Fsp3) is 0.364. The molecule has 0 amide bonds. The minimum absolute atomic E-state index is 0.217. The lowest BCUT2D eigenvalue weighted by Gasteiger charge is -2.35. The highest BCUT2D eigenvalue weighted by molar-refractivity contribution is 7.99. The third-order valence-corrected chi connectivity index (χ3v) is 7.89. The number of nitrogens with two attached hydrogens (primary N) is 1. The number of nitrogens with zero attached hydrogens (tertiary/aromatic N) is 1. The smallest absolute Gasteiger partial charge is 0.0595 e. The SMILES string of the molecule is NC[C@@H](CCN1C=CC2(CC1)CSc1ccccc12)c1ccc(Cl)c(Cl)c1. The molecular formula is C22H24Cl2N2S. The lowest BCUT2D eigenvalue weighted by molar-refractivity contribution is 0.301. The van der Waals surface area contributed by atoms with E-state index in [0.29, 0.717) is 22.5 Å². The van der Waals surface area contributed by atoms with Crippen LogP contribution >= 0.6 is 35.0 Å². The Morgan fingerprint density at radius 3 is 2.74 bits per heavy atom. The Morgan fingerprint density at radius 1 is 1.15 bits per heavy atom. The summed E-state index contributed by atoms with van der Waals surface area (Å²) in [5, 5.41) is 1.19. The number of fused-ring (bicyclic) bond motifs is 2. The predicted octanol–water partition coefficient (Wildman–Crippen LogP) is 5.69. The van der Waals surface area contributed by atoms with Crippen LogP contribution in [0, 0.1) is 0 Å². The highest BCUT2D eigenvalue weighted by atomic mass is 35.5. The molecule has 27 heavy (non-hydrogen) atoms. The summed E-state index contributed by atoms with van der Waals surface area (Å²) >= 11 is 14.2. The molecule has 2 aliphatic rings. The van der Waals surface area contributed by atoms with Gasteiger partial charge in [0.25, 0.3) is 0 Å². The van der Waals surface area contributed by atoms with E-state index < -0.39 is 0 Å². The fourth-order valence-corrected chi connectivity index (χ4v) is 5.79. The van der Waals surface area contributed by atoms with Gasteiger partial charge in [0.1, 0.15) is 0 Å². The van der Waals surface area contributed by atoms with E-state index in [0.717, 1.165) is 25.3 Å². The molecule has 5 heteroatoms. The van der Waals surface area contributed by atoms with Crippen LogP contribution in [0.3, 0.4) is 0 Å². The van der Waals surface area contributed by atoms with Gasteiger partial charge in [-0.1, -0.05) is 53.5 Å². The number of allylic oxidation sites excluding steroid dienone is 1. The van der Waals surface area contributed by atoms with Crippen LogP contribution in [0.2, 0.25) is 10.0 Å². The van der Waals surface area contributed by atoms with Crippen LogP contribution in [0.1, 0.15) is 29.9 Å². The van der Waals surface area contributed by atoms with Gasteiger partial charge in [0.2, 0.25) is 0 Å². The van der Waals surface area contributed by atoms with Crippen LogP contribution in [0.4, 0.5) is 0 Å². The first-order valence-corrected chi connectivity index (χ1v) is 11.2. The monoisotopic (exact) mass is 418 g/mol. The van der Waals surface area contributed by atoms with E-state index in [-0.39, 0.29) is 5.41 Å². The molecule has 2 aromatic rings. The van der Waals surface area contributed by atoms with E-state index in [9.17, 15) is 0 Å². The molecule has 2 aromatic carbocycles. The molecule has 2 nitrogen and oxygen atoms in total. The number of rotatable bonds is 5. The van der Waals surface area contributed by atoms with Gasteiger partial charge >= 0.3 is 0 Å². The molecule has 0 bridgehead atoms. The maximum atomic E-state index is 6.18. The van der Waals surface area contributed by atoms with Crippen molar-refractivity contribution in [2.45, 2.75) is 29.1 Å². The summed E-state index contributed by atoms with van der Waals surface area (Å²) in [6, 6.07) is 14.7. The van der Waals surface area contributed by atoms with Gasteiger partial charge in [0, 0.05) is 29.2 Å². The summed E-state index contributed by atoms with van der Waals surface area (Å²) < 4.78 is 0. The Morgan fingerprint density at radius 2 is 2.00 bits per heavy atom. The van der Waals surface area contributed by atoms with Crippen molar-refractivity contribution in [2.24, 2.45) is 5.73 Å². The summed E-state index contributed by atoms with van der Waals surface area (Å²) in [6.07, 6.45) is 6.91. The zero-order chi connectivity index (χ0) is 18.9. The second kappa shape index (κ2) is 8.08. The quantitative estimate of drug-likeness (QED) is 0.675. The molecule has 2 atom stereocenters. The van der Waals surface area contributed by atoms with Crippen LogP contribution in [-0.2, 0) is 5.41 Å². The Bertz CT molecular complexity index is 854. The normalized spacial score (nSPS) is 22.3. The number of hydrogen-bond donors (Lipinski definition) is 1. The minimum Gasteiger partial charge on any atom is -0.378 e. The topological polar surface area (TPSA) is 29.3 Å². The van der Waals surface area contributed by atoms with Crippen molar-refractivity contribution in [1.82, 2.24) is 4.90 Å². The second-order valence-corrected chi connectivity index (χ2v) is 9.27. The van der Waals surface area contributed by atoms with Gasteiger partial charge in [-0.15, -0.1) is 11.8 Å². The molecule has 2 aliphatic heterocycles. The zero-order valence-corrected chi connectivity index (χ0v) is 17.5. The molecule has 0 aromatic heterocycles. The number of hydrogen-bond acceptors (Lipinski definition) is 3. The first kappa shape index (κ1) is 19.2. The van der Waals surface area contributed by atoms with Gasteiger partial charge in [0.15, 0.2) is 0 Å². The largest absolute Gasteiger partial charge is 0.378 e. The minimum atomic E-state index is 0.217. The average molecular weight is 419 g/mol. The molecule has 1 spiro atoms. The van der Waals surface area contributed by atoms with Crippen LogP contribution in [-0.4, -0.2) is 30.3 Å². The molecule has 4 rings (SSSR count). The highest BCUT2D eigenvalue weighted by Gasteiger charge is 2.38. The van der Waals surface area contributed by atoms with Gasteiger partial charge in [0.05, 0.1) is 10.0 Å². The van der Waals surface area contributed by atoms with E-state index in [1.807, 2.05) is 30.0 Å². The molecule has 0 fully saturated rings. The third-order valence-electron chi connectivity index (χ3n) is 5.82. The maximum Gasteiger partial charge on any atom is 0.0595 e. The summed E-state index contributed by atoms with van der Waals surface area (Å²) in [4.78, 5) is 3.87. The zero-order valence-electron chi connectivity index (χ0n) is 15.2. The van der Waals surface area contributed by atoms with E-state index in [1.54, 1.807) is 0 Å². The third kappa shape index (κ3) is 3.88. The summed E-state index contributed by atoms with van der Waals surface area (Å²) in [6.45, 7) is 2.71. The van der Waals surface area contributed by atoms with Crippen LogP contribution in [0.15, 0.2) is 59.6 Å². The molecule has 2 heterocycles. The van der Waals surface area contributed by atoms with Crippen molar-refractivity contribution in [3.8, 4) is 0 Å². The molecule has 0 radical (unpaired) electrons. The van der Waals surface area contributed by atoms with Crippen LogP contribution in [0.5, 0.6) is 0 Å². The molecule has 1 unspecified atom stereocenters. The summed E-state index contributed by atoms with van der Waals surface area (Å²) in [5.41, 5.74) is 8.93. The van der Waals surface area contributed by atoms with E-state index >= 15 is 0 Å². The first-order valence-electron chi connectivity index (χ1n) is 9.42. The lowest BCUT2D eigenvalue weighted by Crippen LogP contribution is -2.36. The molecule has 2 N–H and O–H groups in total. The van der Waals surface area contributed by atoms with Gasteiger partial charge in [-0.3, -0.25) is 0 Å². The predicted molar refractivity (Wildman–Crippen MR) is 117 cm³/mol. The molecule has 0 saturated heterocycles. The average Bonchev–Trinajstić information content (AvgIpc) is 3.05. The van der Waals surface area contributed by atoms with Crippen LogP contribution < -0.4 is 5.73 Å². The van der Waals surface area contributed by atoms with Gasteiger partial charge in [-0.05, 0) is 60.8 Å². The van der Waals surface area contributed by atoms with Crippen molar-refractivity contribution in [2.75, 3.05) is 25.4 Å². The lowest BCUT2D eigenvalue weighted by atomic mass is 9.78. The van der Waals surface area contributed by atoms with Crippen molar-refractivity contribution >= 4 is 35.0 Å². The van der Waals surface area contributed by atoms with E-state index in [1.165, 1.54) is 22.4 Å². The maximum absolute atomic E-state index is 6.18. The molecule has 142 valence electrons. The molecule has 0 saturated carbocycles. The van der Waals surface area contributed by atoms with Crippen LogP contribution in [0.25, 0.3) is 0 Å². The van der Waals surface area contributed by atoms with Crippen molar-refractivity contribution < 1.29 is 0 Å². The Balaban J connectivity index is 1.41. The van der Waals surface area contributed by atoms with Gasteiger partial charge < -0.3 is 10.6 Å². The number of halogens is 2. The first-order chi connectivity index (χ1) is 13.1. The van der Waals surface area contributed by atoms with E-state index in [4.69, 9.17) is 28.9 Å². The number of thioether (sulfide) groups is 1. The standard InChI is InChI=1S/C22H24Cl2N2S/c23-19-6-5-16(13-20(19)24)17(14-25)7-10-26-11-8-22(9-12-26)15-27-21-4-2-1-3-18(21)22/h1-6,8,11,13,17H,7,9-10,12,14-15,25H2/t17-,22?/m1/s1. The fourth-order valence-electron chi connectivity index (χ4n) is 4.08. The Labute approximate surface area is 175 Å². The molecular weight excluding hydrogens is 395 g/mol. The Hall–Kier alpha value is -1.13. The summed E-state index contributed by atoms with van der Waals surface area (Å²) in [5.74, 6) is 1.46. The van der Waals surface area contributed by atoms with Gasteiger partial charge in [-0.2, -0.15) is 0 Å². The molecule has 0 aliphatic carbocycles. The van der Waals surface area contributed by atoms with Gasteiger partial charge in [-0.25, -0.2) is 0 Å². The van der Waals surface area contributed by atoms with Crippen molar-refractivity contribution in [3.05, 3.63) is 75.9 Å². The Kier molecular flexibility index (Phi) is 5.75.